The average Bonchev–Trinajstić information content (AvgIpc) is 4.19. The van der Waals surface area contributed by atoms with Gasteiger partial charge in [0.1, 0.15) is 0 Å². The van der Waals surface area contributed by atoms with Crippen LogP contribution in [-0.4, -0.2) is 117 Å². The maximum absolute atomic E-state index is 11.4. The number of nitrogens with two attached hydrogens (primary N) is 3. The molecule has 8 heterocycles. The number of benzene rings is 2. The van der Waals surface area contributed by atoms with Gasteiger partial charge in [-0.3, -0.25) is 0 Å². The van der Waals surface area contributed by atoms with Crippen molar-refractivity contribution in [2.75, 3.05) is 36.1 Å². The minimum Gasteiger partial charge on any atom is -0.461 e. The fraction of sp³-hybridized carbons (Fsp3) is 0.268. The van der Waals surface area contributed by atoms with Gasteiger partial charge in [0, 0.05) is 23.9 Å². The van der Waals surface area contributed by atoms with Crippen molar-refractivity contribution in [3.05, 3.63) is 96.4 Å². The molecule has 0 unspecified atom stereocenters. The summed E-state index contributed by atoms with van der Waals surface area (Å²) in [4.78, 5) is 27.8. The highest BCUT2D eigenvalue weighted by Crippen LogP contribution is 2.20. The number of nitrogens with zero attached hydrogens (tertiary/aromatic N) is 18. The first kappa shape index (κ1) is 46.0. The molecule has 2 aromatic carbocycles. The Kier molecular flexibility index (Phi) is 14.0. The summed E-state index contributed by atoms with van der Waals surface area (Å²) in [6.45, 7) is 7.02. The highest BCUT2D eigenvalue weighted by atomic mass is 32.2. The third-order valence-electron chi connectivity index (χ3n) is 9.57. The second kappa shape index (κ2) is 20.7. The van der Waals surface area contributed by atoms with Crippen LogP contribution in [0.4, 0.5) is 17.8 Å². The fourth-order valence-corrected chi connectivity index (χ4v) is 6.80. The first-order chi connectivity index (χ1) is 33.0. The van der Waals surface area contributed by atoms with E-state index < -0.39 is 15.0 Å². The van der Waals surface area contributed by atoms with Gasteiger partial charge in [-0.25, -0.2) is 8.42 Å². The van der Waals surface area contributed by atoms with Crippen LogP contribution in [-0.2, 0) is 35.8 Å². The summed E-state index contributed by atoms with van der Waals surface area (Å²) in [7, 11) is -3.57. The van der Waals surface area contributed by atoms with E-state index >= 15 is 0 Å². The number of fused-ring (bicyclic) bond motifs is 2. The average molecular weight is 943 g/mol. The normalized spacial score (nSPS) is 11.4. The van der Waals surface area contributed by atoms with Gasteiger partial charge in [-0.15, -0.1) is 30.6 Å². The molecule has 0 atom stereocenters. The lowest BCUT2D eigenvalue weighted by atomic mass is 10.1. The molecule has 0 bridgehead atoms. The molecule has 0 saturated carbocycles. The molecular weight excluding hydrogens is 897 g/mol. The summed E-state index contributed by atoms with van der Waals surface area (Å²) in [6, 6.07) is 23.1. The van der Waals surface area contributed by atoms with E-state index in [4.69, 9.17) is 26.0 Å². The number of hydrogen-bond donors (Lipinski definition) is 4. The van der Waals surface area contributed by atoms with Gasteiger partial charge in [0.25, 0.3) is 16.7 Å². The molecule has 0 fully saturated rings. The molecule has 27 heteroatoms. The largest absolute Gasteiger partial charge is 0.461 e. The number of sulfone groups is 1. The first-order valence-electron chi connectivity index (χ1n) is 21.2. The molecule has 350 valence electrons. The number of tetrazole rings is 2. The number of rotatable bonds is 15. The Hall–Kier alpha value is -8.59. The molecule has 0 radical (unpaired) electrons. The van der Waals surface area contributed by atoms with Crippen molar-refractivity contribution in [3.63, 3.8) is 0 Å². The van der Waals surface area contributed by atoms with E-state index in [1.165, 1.54) is 16.3 Å². The quantitative estimate of drug-likeness (QED) is 0.115. The van der Waals surface area contributed by atoms with Crippen molar-refractivity contribution in [1.82, 2.24) is 89.5 Å². The van der Waals surface area contributed by atoms with E-state index in [0.29, 0.717) is 53.8 Å². The lowest BCUT2D eigenvalue weighted by Gasteiger charge is -2.06. The van der Waals surface area contributed by atoms with E-state index in [1.807, 2.05) is 36.4 Å². The maximum Gasteiger partial charge on any atom is 0.259 e. The number of nitrogens with one attached hydrogen (secondary N) is 1. The van der Waals surface area contributed by atoms with Crippen molar-refractivity contribution in [1.29, 1.82) is 0 Å². The number of nitrogen functional groups attached to an aromatic ring is 2. The second-order valence-electron chi connectivity index (χ2n) is 14.8. The van der Waals surface area contributed by atoms with E-state index in [9.17, 15) is 8.42 Å². The van der Waals surface area contributed by atoms with E-state index in [-0.39, 0.29) is 23.5 Å². The number of anilines is 3. The highest BCUT2D eigenvalue weighted by Gasteiger charge is 2.19. The standard InChI is InChI=1S/C20H21N11O.C12H17N5.C9H8N6O3S/c1-2-11-30-27-16(26-29-30)14-7-5-13(6-8-14)9-10-22-19-24-18(21)31-20(25-19)23-17(28-31)15-4-3-12-32-15;1-2-9-17-15-12(14-16-17)11-5-3-10(4-6-11)7-8-13;1-19(16,17)9-12-7(10)15-8(13-9)11-6(14-15)5-3-2-4-18-5/h3-8,12H,2,9-11H2,1H3,(H3,21,22,23,24,25,28);3-6H,2,7-9,13H2,1H3;2-4H,1H3,(H2,10,11,12,13,14). The van der Waals surface area contributed by atoms with E-state index in [0.717, 1.165) is 66.2 Å². The van der Waals surface area contributed by atoms with Crippen LogP contribution in [0.15, 0.2) is 99.3 Å². The summed E-state index contributed by atoms with van der Waals surface area (Å²) in [5.74, 6) is 3.77. The van der Waals surface area contributed by atoms with E-state index in [1.54, 1.807) is 40.1 Å². The number of furan rings is 2. The van der Waals surface area contributed by atoms with Gasteiger partial charge < -0.3 is 31.4 Å². The van der Waals surface area contributed by atoms with Gasteiger partial charge in [0.05, 0.1) is 25.6 Å². The Balaban J connectivity index is 0.000000148. The molecule has 10 rings (SSSR count). The van der Waals surface area contributed by atoms with Gasteiger partial charge in [-0.1, -0.05) is 62.4 Å². The van der Waals surface area contributed by atoms with Crippen LogP contribution in [0.2, 0.25) is 0 Å². The van der Waals surface area contributed by atoms with Gasteiger partial charge in [-0.2, -0.15) is 48.5 Å². The third-order valence-corrected chi connectivity index (χ3v) is 10.4. The second-order valence-corrected chi connectivity index (χ2v) is 16.7. The zero-order valence-corrected chi connectivity index (χ0v) is 37.9. The predicted octanol–water partition coefficient (Wildman–Crippen LogP) is 3.10. The van der Waals surface area contributed by atoms with Crippen LogP contribution in [0, 0.1) is 0 Å². The molecule has 0 amide bonds. The zero-order valence-electron chi connectivity index (χ0n) is 37.1. The minimum atomic E-state index is -3.57. The molecule has 0 spiro atoms. The smallest absolute Gasteiger partial charge is 0.259 e. The topological polar surface area (TPSA) is 350 Å². The molecular formula is C41H46N22O4S. The predicted molar refractivity (Wildman–Crippen MR) is 247 cm³/mol. The number of aromatic nitrogens is 18. The maximum atomic E-state index is 11.4. The van der Waals surface area contributed by atoms with Crippen molar-refractivity contribution in [3.8, 4) is 45.9 Å². The Labute approximate surface area is 387 Å². The molecule has 0 aliphatic heterocycles. The molecule has 0 aliphatic carbocycles. The Morgan fingerprint density at radius 1 is 0.603 bits per heavy atom. The molecule has 0 saturated heterocycles. The van der Waals surface area contributed by atoms with E-state index in [2.05, 4.69) is 102 Å². The molecule has 7 N–H and O–H groups in total. The summed E-state index contributed by atoms with van der Waals surface area (Å²) >= 11 is 0. The van der Waals surface area contributed by atoms with Crippen LogP contribution in [0.1, 0.15) is 37.8 Å². The van der Waals surface area contributed by atoms with Crippen molar-refractivity contribution in [2.24, 2.45) is 5.73 Å². The van der Waals surface area contributed by atoms with Crippen molar-refractivity contribution >= 4 is 39.2 Å². The van der Waals surface area contributed by atoms with Gasteiger partial charge in [0.2, 0.25) is 51.0 Å². The van der Waals surface area contributed by atoms with Crippen molar-refractivity contribution in [2.45, 2.75) is 57.8 Å². The molecule has 0 aliphatic rings. The monoisotopic (exact) mass is 942 g/mol. The fourth-order valence-electron chi connectivity index (χ4n) is 6.29. The molecule has 10 aromatic rings. The Bertz CT molecular complexity index is 3310. The highest BCUT2D eigenvalue weighted by molar-refractivity contribution is 7.90. The molecule has 26 nitrogen and oxygen atoms in total. The molecule has 8 aromatic heterocycles. The SMILES string of the molecule is CCCn1nnc(-c2ccc(CCN)cc2)n1.CCCn1nnc(-c2ccc(CCNc3nc(N)n4nc(-c5ccco5)nc4n3)cc2)n1.CS(=O)(=O)c1nc(N)n2nc(-c3ccco3)nc2n1. The van der Waals surface area contributed by atoms with Gasteiger partial charge >= 0.3 is 0 Å². The first-order valence-corrected chi connectivity index (χ1v) is 23.1. The van der Waals surface area contributed by atoms with Gasteiger partial charge in [0.15, 0.2) is 11.5 Å². The zero-order chi connectivity index (χ0) is 47.6. The Morgan fingerprint density at radius 2 is 1.10 bits per heavy atom. The van der Waals surface area contributed by atoms with Crippen LogP contribution in [0.25, 0.3) is 57.5 Å². The molecule has 68 heavy (non-hydrogen) atoms. The summed E-state index contributed by atoms with van der Waals surface area (Å²) in [5.41, 5.74) is 21.5. The lowest BCUT2D eigenvalue weighted by molar-refractivity contribution is 0.515. The number of aryl methyl sites for hydroxylation is 2. The van der Waals surface area contributed by atoms with Crippen LogP contribution in [0.3, 0.4) is 0 Å². The van der Waals surface area contributed by atoms with Crippen LogP contribution < -0.4 is 22.5 Å². The van der Waals surface area contributed by atoms with Gasteiger partial charge in [-0.05, 0) is 78.0 Å². The minimum absolute atomic E-state index is 0.0410. The summed E-state index contributed by atoms with van der Waals surface area (Å²) in [5, 5.41) is 36.0. The number of hydrogen-bond acceptors (Lipinski definition) is 22. The van der Waals surface area contributed by atoms with Crippen molar-refractivity contribution < 1.29 is 17.3 Å². The summed E-state index contributed by atoms with van der Waals surface area (Å²) < 4.78 is 35.8. The summed E-state index contributed by atoms with van der Waals surface area (Å²) in [6.07, 6.45) is 7.66. The third kappa shape index (κ3) is 11.1. The Morgan fingerprint density at radius 3 is 1.57 bits per heavy atom. The van der Waals surface area contributed by atoms with Crippen LogP contribution >= 0.6 is 0 Å². The lowest BCUT2D eigenvalue weighted by Crippen LogP contribution is -2.12. The van der Waals surface area contributed by atoms with Crippen LogP contribution in [0.5, 0.6) is 0 Å².